The Balaban J connectivity index is 2.09. The first-order valence-electron chi connectivity index (χ1n) is 5.89. The normalized spacial score (nSPS) is 10.6. The number of thioether (sulfide) groups is 1. The molecule has 94 valence electrons. The van der Waals surface area contributed by atoms with Crippen molar-refractivity contribution in [2.45, 2.75) is 17.2 Å². The Kier molecular flexibility index (Phi) is 5.12. The fourth-order valence-electron chi connectivity index (χ4n) is 1.75. The molecule has 2 aromatic carbocycles. The topological polar surface area (TPSA) is 12.0 Å². The number of benzene rings is 2. The van der Waals surface area contributed by atoms with E-state index in [1.54, 1.807) is 0 Å². The highest BCUT2D eigenvalue weighted by Gasteiger charge is 2.04. The van der Waals surface area contributed by atoms with Crippen LogP contribution in [0.4, 0.5) is 0 Å². The molecule has 2 aromatic rings. The molecule has 0 aliphatic rings. The van der Waals surface area contributed by atoms with Gasteiger partial charge in [-0.25, -0.2) is 0 Å². The van der Waals surface area contributed by atoms with E-state index in [0.29, 0.717) is 0 Å². The van der Waals surface area contributed by atoms with E-state index in [1.807, 2.05) is 37.0 Å². The number of halogens is 1. The van der Waals surface area contributed by atoms with Crippen molar-refractivity contribution in [1.29, 1.82) is 0 Å². The molecule has 1 N–H and O–H groups in total. The minimum absolute atomic E-state index is 0.796. The monoisotopic (exact) mass is 277 g/mol. The maximum atomic E-state index is 6.03. The van der Waals surface area contributed by atoms with E-state index in [4.69, 9.17) is 11.6 Å². The molecule has 0 aliphatic carbocycles. The van der Waals surface area contributed by atoms with Crippen LogP contribution < -0.4 is 5.32 Å². The minimum atomic E-state index is 0.796. The van der Waals surface area contributed by atoms with Crippen LogP contribution in [0.5, 0.6) is 0 Å². The Morgan fingerprint density at radius 2 is 1.89 bits per heavy atom. The number of hydrogen-bond donors (Lipinski definition) is 1. The van der Waals surface area contributed by atoms with Crippen molar-refractivity contribution in [2.24, 2.45) is 0 Å². The molecule has 0 aromatic heterocycles. The zero-order chi connectivity index (χ0) is 12.8. The van der Waals surface area contributed by atoms with E-state index in [2.05, 4.69) is 35.6 Å². The first-order chi connectivity index (χ1) is 8.79. The van der Waals surface area contributed by atoms with Crippen molar-refractivity contribution in [3.05, 3.63) is 64.7 Å². The summed E-state index contributed by atoms with van der Waals surface area (Å²) < 4.78 is 0. The van der Waals surface area contributed by atoms with Crippen LogP contribution in [0, 0.1) is 0 Å². The van der Waals surface area contributed by atoms with Gasteiger partial charge in [0, 0.05) is 22.2 Å². The Labute approximate surface area is 118 Å². The molecule has 0 heterocycles. The molecule has 0 aliphatic heterocycles. The predicted molar refractivity (Wildman–Crippen MR) is 80.2 cm³/mol. The SMILES string of the molecule is CNCc1cc(Cl)ccc1SCc1ccccc1. The second-order valence-electron chi connectivity index (χ2n) is 4.06. The van der Waals surface area contributed by atoms with Gasteiger partial charge in [-0.2, -0.15) is 0 Å². The van der Waals surface area contributed by atoms with Crippen LogP contribution in [0.25, 0.3) is 0 Å². The zero-order valence-electron chi connectivity index (χ0n) is 10.3. The zero-order valence-corrected chi connectivity index (χ0v) is 11.9. The third-order valence-corrected chi connectivity index (χ3v) is 4.05. The molecule has 0 amide bonds. The van der Waals surface area contributed by atoms with E-state index in [-0.39, 0.29) is 0 Å². The Hall–Kier alpha value is -0.960. The highest BCUT2D eigenvalue weighted by Crippen LogP contribution is 2.28. The number of hydrogen-bond acceptors (Lipinski definition) is 2. The van der Waals surface area contributed by atoms with E-state index < -0.39 is 0 Å². The van der Waals surface area contributed by atoms with E-state index in [0.717, 1.165) is 17.3 Å². The van der Waals surface area contributed by atoms with Crippen LogP contribution in [0.15, 0.2) is 53.4 Å². The fourth-order valence-corrected chi connectivity index (χ4v) is 2.94. The molecule has 0 fully saturated rings. The second-order valence-corrected chi connectivity index (χ2v) is 5.51. The van der Waals surface area contributed by atoms with Crippen LogP contribution in [0.2, 0.25) is 5.02 Å². The van der Waals surface area contributed by atoms with Crippen LogP contribution in [0.1, 0.15) is 11.1 Å². The third-order valence-electron chi connectivity index (χ3n) is 2.63. The van der Waals surface area contributed by atoms with E-state index in [9.17, 15) is 0 Å². The molecule has 0 unspecified atom stereocenters. The molecular formula is C15H16ClNS. The van der Waals surface area contributed by atoms with Crippen LogP contribution in [-0.2, 0) is 12.3 Å². The first kappa shape index (κ1) is 13.5. The maximum absolute atomic E-state index is 6.03. The predicted octanol–water partition coefficient (Wildman–Crippen LogP) is 4.35. The van der Waals surface area contributed by atoms with Gasteiger partial charge >= 0.3 is 0 Å². The van der Waals surface area contributed by atoms with Crippen molar-refractivity contribution < 1.29 is 0 Å². The van der Waals surface area contributed by atoms with Crippen molar-refractivity contribution in [3.63, 3.8) is 0 Å². The highest BCUT2D eigenvalue weighted by molar-refractivity contribution is 7.98. The van der Waals surface area contributed by atoms with E-state index in [1.165, 1.54) is 16.0 Å². The third kappa shape index (κ3) is 3.77. The molecule has 0 radical (unpaired) electrons. The molecule has 18 heavy (non-hydrogen) atoms. The summed E-state index contributed by atoms with van der Waals surface area (Å²) in [6, 6.07) is 16.6. The van der Waals surface area contributed by atoms with Crippen molar-refractivity contribution in [3.8, 4) is 0 Å². The molecule has 0 spiro atoms. The average molecular weight is 278 g/mol. The molecule has 3 heteroatoms. The van der Waals surface area contributed by atoms with Gasteiger partial charge in [0.25, 0.3) is 0 Å². The Morgan fingerprint density at radius 1 is 1.11 bits per heavy atom. The lowest BCUT2D eigenvalue weighted by Crippen LogP contribution is -2.06. The summed E-state index contributed by atoms with van der Waals surface area (Å²) in [5.74, 6) is 0.985. The first-order valence-corrected chi connectivity index (χ1v) is 7.25. The van der Waals surface area contributed by atoms with Gasteiger partial charge < -0.3 is 5.32 Å². The maximum Gasteiger partial charge on any atom is 0.0410 e. The van der Waals surface area contributed by atoms with Crippen LogP contribution in [-0.4, -0.2) is 7.05 Å². The summed E-state index contributed by atoms with van der Waals surface area (Å²) in [6.07, 6.45) is 0. The Bertz CT molecular complexity index is 499. The van der Waals surface area contributed by atoms with Gasteiger partial charge in [-0.1, -0.05) is 41.9 Å². The quantitative estimate of drug-likeness (QED) is 0.816. The molecule has 2 rings (SSSR count). The second kappa shape index (κ2) is 6.83. The summed E-state index contributed by atoms with van der Waals surface area (Å²) in [7, 11) is 1.95. The number of nitrogens with one attached hydrogen (secondary N) is 1. The van der Waals surface area contributed by atoms with Crippen molar-refractivity contribution in [1.82, 2.24) is 5.32 Å². The fraction of sp³-hybridized carbons (Fsp3) is 0.200. The van der Waals surface area contributed by atoms with Crippen LogP contribution in [0.3, 0.4) is 0 Å². The number of rotatable bonds is 5. The molecule has 0 saturated heterocycles. The van der Waals surface area contributed by atoms with Crippen LogP contribution >= 0.6 is 23.4 Å². The molecular weight excluding hydrogens is 262 g/mol. The van der Waals surface area contributed by atoms with Crippen molar-refractivity contribution in [2.75, 3.05) is 7.05 Å². The average Bonchev–Trinajstić information content (AvgIpc) is 2.39. The summed E-state index contributed by atoms with van der Waals surface area (Å²) in [5, 5.41) is 3.97. The molecule has 0 atom stereocenters. The van der Waals surface area contributed by atoms with Gasteiger partial charge in [0.05, 0.1) is 0 Å². The Morgan fingerprint density at radius 3 is 2.61 bits per heavy atom. The summed E-state index contributed by atoms with van der Waals surface area (Å²) >= 11 is 7.88. The largest absolute Gasteiger partial charge is 0.316 e. The lowest BCUT2D eigenvalue weighted by Gasteiger charge is -2.09. The minimum Gasteiger partial charge on any atom is -0.316 e. The van der Waals surface area contributed by atoms with Gasteiger partial charge in [0.2, 0.25) is 0 Å². The van der Waals surface area contributed by atoms with Gasteiger partial charge in [-0.3, -0.25) is 0 Å². The summed E-state index contributed by atoms with van der Waals surface area (Å²) in [5.41, 5.74) is 2.60. The lowest BCUT2D eigenvalue weighted by molar-refractivity contribution is 0.803. The van der Waals surface area contributed by atoms with Gasteiger partial charge in [0.15, 0.2) is 0 Å². The highest BCUT2D eigenvalue weighted by atomic mass is 35.5. The van der Waals surface area contributed by atoms with Gasteiger partial charge in [-0.15, -0.1) is 11.8 Å². The standard InChI is InChI=1S/C15H16ClNS/c1-17-10-13-9-14(16)7-8-15(13)18-11-12-5-3-2-4-6-12/h2-9,17H,10-11H2,1H3. The van der Waals surface area contributed by atoms with Gasteiger partial charge in [0.1, 0.15) is 0 Å². The molecule has 0 saturated carbocycles. The molecule has 0 bridgehead atoms. The summed E-state index contributed by atoms with van der Waals surface area (Å²) in [4.78, 5) is 1.29. The van der Waals surface area contributed by atoms with E-state index >= 15 is 0 Å². The van der Waals surface area contributed by atoms with Crippen molar-refractivity contribution >= 4 is 23.4 Å². The lowest BCUT2D eigenvalue weighted by atomic mass is 10.2. The molecule has 1 nitrogen and oxygen atoms in total. The smallest absolute Gasteiger partial charge is 0.0410 e. The summed E-state index contributed by atoms with van der Waals surface area (Å²) in [6.45, 7) is 0.845. The van der Waals surface area contributed by atoms with Gasteiger partial charge in [-0.05, 0) is 36.4 Å².